The van der Waals surface area contributed by atoms with E-state index in [1.807, 2.05) is 13.8 Å². The molecule has 19 heavy (non-hydrogen) atoms. The zero-order valence-corrected chi connectivity index (χ0v) is 11.3. The molecular formula is C13H20N2O4. The van der Waals surface area contributed by atoms with Crippen LogP contribution in [0.15, 0.2) is 6.07 Å². The maximum absolute atomic E-state index is 11.0. The fourth-order valence-corrected chi connectivity index (χ4v) is 1.96. The number of ether oxygens (including phenoxy) is 2. The number of nitrogens with zero attached hydrogens (tertiary/aromatic N) is 2. The highest BCUT2D eigenvalue weighted by atomic mass is 16.5. The minimum atomic E-state index is -1.05. The van der Waals surface area contributed by atoms with Gasteiger partial charge in [0.05, 0.1) is 6.61 Å². The van der Waals surface area contributed by atoms with Gasteiger partial charge >= 0.3 is 5.97 Å². The summed E-state index contributed by atoms with van der Waals surface area (Å²) >= 11 is 0. The highest BCUT2D eigenvalue weighted by Crippen LogP contribution is 2.27. The first-order chi connectivity index (χ1) is 9.08. The topological polar surface area (TPSA) is 73.6 Å². The second-order valence-corrected chi connectivity index (χ2v) is 5.14. The Balaban J connectivity index is 2.20. The second kappa shape index (κ2) is 6.06. The Morgan fingerprint density at radius 3 is 3.00 bits per heavy atom. The number of carboxylic acid groups (broad SMARTS) is 1. The summed E-state index contributed by atoms with van der Waals surface area (Å²) in [6, 6.07) is 1.46. The largest absolute Gasteiger partial charge is 0.477 e. The van der Waals surface area contributed by atoms with Gasteiger partial charge in [-0.1, -0.05) is 13.8 Å². The molecule has 6 heteroatoms. The first kappa shape index (κ1) is 13.9. The van der Waals surface area contributed by atoms with Gasteiger partial charge in [-0.05, 0) is 25.2 Å². The van der Waals surface area contributed by atoms with Crippen LogP contribution in [0.2, 0.25) is 0 Å². The molecule has 1 aliphatic rings. The van der Waals surface area contributed by atoms with E-state index in [1.54, 1.807) is 4.68 Å². The molecule has 0 spiro atoms. The van der Waals surface area contributed by atoms with Gasteiger partial charge in [-0.25, -0.2) is 9.48 Å². The molecule has 6 nitrogen and oxygen atoms in total. The summed E-state index contributed by atoms with van der Waals surface area (Å²) in [6.45, 7) is 5.28. The Morgan fingerprint density at radius 2 is 2.42 bits per heavy atom. The average Bonchev–Trinajstić information content (AvgIpc) is 2.81. The molecule has 1 aromatic heterocycles. The fourth-order valence-electron chi connectivity index (χ4n) is 1.96. The Bertz CT molecular complexity index is 436. The average molecular weight is 268 g/mol. The second-order valence-electron chi connectivity index (χ2n) is 5.14. The van der Waals surface area contributed by atoms with Crippen LogP contribution in [0, 0.1) is 5.92 Å². The van der Waals surface area contributed by atoms with Crippen LogP contribution < -0.4 is 4.74 Å². The van der Waals surface area contributed by atoms with E-state index in [0.29, 0.717) is 25.0 Å². The van der Waals surface area contributed by atoms with Crippen LogP contribution in [-0.2, 0) is 4.74 Å². The molecule has 0 radical (unpaired) electrons. The molecule has 2 heterocycles. The molecular weight excluding hydrogens is 248 g/mol. The predicted octanol–water partition coefficient (Wildman–Crippen LogP) is 2.32. The summed E-state index contributed by atoms with van der Waals surface area (Å²) < 4.78 is 12.8. The zero-order valence-electron chi connectivity index (χ0n) is 11.3. The molecule has 1 saturated heterocycles. The van der Waals surface area contributed by atoms with E-state index in [-0.39, 0.29) is 11.9 Å². The van der Waals surface area contributed by atoms with Crippen molar-refractivity contribution in [1.29, 1.82) is 0 Å². The molecule has 0 aliphatic carbocycles. The van der Waals surface area contributed by atoms with Crippen molar-refractivity contribution in [2.45, 2.75) is 39.3 Å². The third-order valence-corrected chi connectivity index (χ3v) is 2.91. The summed E-state index contributed by atoms with van der Waals surface area (Å²) in [5.41, 5.74) is -0.00655. The maximum Gasteiger partial charge on any atom is 0.356 e. The summed E-state index contributed by atoms with van der Waals surface area (Å²) in [5, 5.41) is 13.1. The summed E-state index contributed by atoms with van der Waals surface area (Å²) in [7, 11) is 0. The van der Waals surface area contributed by atoms with E-state index in [1.165, 1.54) is 6.07 Å². The van der Waals surface area contributed by atoms with Crippen LogP contribution in [0.1, 0.15) is 49.8 Å². The fraction of sp³-hybridized carbons (Fsp3) is 0.692. The van der Waals surface area contributed by atoms with Crippen LogP contribution in [-0.4, -0.2) is 34.1 Å². The van der Waals surface area contributed by atoms with Gasteiger partial charge in [0, 0.05) is 12.7 Å². The third-order valence-electron chi connectivity index (χ3n) is 2.91. The number of aromatic carboxylic acids is 1. The van der Waals surface area contributed by atoms with Crippen molar-refractivity contribution < 1.29 is 19.4 Å². The number of rotatable bonds is 5. The van der Waals surface area contributed by atoms with Crippen molar-refractivity contribution in [3.8, 4) is 5.88 Å². The number of aromatic nitrogens is 2. The maximum atomic E-state index is 11.0. The standard InChI is InChI=1S/C13H20N2O4/c1-9(2)8-19-12-7-10(13(16)17)14-15(12)11-5-3-4-6-18-11/h7,9,11H,3-6,8H2,1-2H3,(H,16,17). The van der Waals surface area contributed by atoms with Crippen LogP contribution in [0.25, 0.3) is 0 Å². The summed E-state index contributed by atoms with van der Waals surface area (Å²) in [5.74, 6) is -0.217. The monoisotopic (exact) mass is 268 g/mol. The van der Waals surface area contributed by atoms with Gasteiger partial charge in [-0.2, -0.15) is 5.10 Å². The van der Waals surface area contributed by atoms with Gasteiger partial charge in [0.25, 0.3) is 0 Å². The molecule has 1 fully saturated rings. The van der Waals surface area contributed by atoms with Gasteiger partial charge in [0.15, 0.2) is 11.9 Å². The van der Waals surface area contributed by atoms with E-state index >= 15 is 0 Å². The number of hydrogen-bond donors (Lipinski definition) is 1. The Labute approximate surface area is 112 Å². The number of carboxylic acids is 1. The van der Waals surface area contributed by atoms with Crippen LogP contribution in [0.4, 0.5) is 0 Å². The molecule has 1 aliphatic heterocycles. The molecule has 106 valence electrons. The lowest BCUT2D eigenvalue weighted by Crippen LogP contribution is -2.21. The first-order valence-electron chi connectivity index (χ1n) is 6.65. The molecule has 0 bridgehead atoms. The Kier molecular flexibility index (Phi) is 4.42. The van der Waals surface area contributed by atoms with Crippen LogP contribution >= 0.6 is 0 Å². The lowest BCUT2D eigenvalue weighted by Gasteiger charge is -2.24. The Hall–Kier alpha value is -1.56. The molecule has 0 aromatic carbocycles. The summed E-state index contributed by atoms with van der Waals surface area (Å²) in [6.07, 6.45) is 2.70. The zero-order chi connectivity index (χ0) is 13.8. The quantitative estimate of drug-likeness (QED) is 0.887. The Morgan fingerprint density at radius 1 is 1.63 bits per heavy atom. The smallest absolute Gasteiger partial charge is 0.356 e. The highest BCUT2D eigenvalue weighted by molar-refractivity contribution is 5.85. The van der Waals surface area contributed by atoms with Crippen molar-refractivity contribution in [3.63, 3.8) is 0 Å². The minimum Gasteiger partial charge on any atom is -0.477 e. The number of carbonyl (C=O) groups is 1. The molecule has 1 unspecified atom stereocenters. The summed E-state index contributed by atoms with van der Waals surface area (Å²) in [4.78, 5) is 11.0. The lowest BCUT2D eigenvalue weighted by molar-refractivity contribution is -0.0444. The van der Waals surface area contributed by atoms with E-state index in [2.05, 4.69) is 5.10 Å². The van der Waals surface area contributed by atoms with E-state index < -0.39 is 5.97 Å². The van der Waals surface area contributed by atoms with Crippen LogP contribution in [0.3, 0.4) is 0 Å². The van der Waals surface area contributed by atoms with Crippen molar-refractivity contribution in [2.24, 2.45) is 5.92 Å². The molecule has 0 saturated carbocycles. The highest BCUT2D eigenvalue weighted by Gasteiger charge is 2.23. The van der Waals surface area contributed by atoms with Gasteiger partial charge in [-0.3, -0.25) is 0 Å². The molecule has 2 rings (SSSR count). The lowest BCUT2D eigenvalue weighted by atomic mass is 10.2. The number of hydrogen-bond acceptors (Lipinski definition) is 4. The van der Waals surface area contributed by atoms with Crippen molar-refractivity contribution in [2.75, 3.05) is 13.2 Å². The predicted molar refractivity (Wildman–Crippen MR) is 68.4 cm³/mol. The molecule has 1 N–H and O–H groups in total. The van der Waals surface area contributed by atoms with Gasteiger partial charge < -0.3 is 14.6 Å². The van der Waals surface area contributed by atoms with E-state index in [9.17, 15) is 4.79 Å². The van der Waals surface area contributed by atoms with Crippen molar-refractivity contribution in [1.82, 2.24) is 9.78 Å². The van der Waals surface area contributed by atoms with Crippen molar-refractivity contribution in [3.05, 3.63) is 11.8 Å². The van der Waals surface area contributed by atoms with Gasteiger partial charge in [0.1, 0.15) is 0 Å². The normalized spacial score (nSPS) is 19.6. The van der Waals surface area contributed by atoms with Gasteiger partial charge in [0.2, 0.25) is 5.88 Å². The third kappa shape index (κ3) is 3.47. The SMILES string of the molecule is CC(C)COc1cc(C(=O)O)nn1C1CCCCO1. The van der Waals surface area contributed by atoms with Crippen LogP contribution in [0.5, 0.6) is 5.88 Å². The van der Waals surface area contributed by atoms with Gasteiger partial charge in [-0.15, -0.1) is 0 Å². The molecule has 1 atom stereocenters. The minimum absolute atomic E-state index is 0.00655. The van der Waals surface area contributed by atoms with E-state index in [0.717, 1.165) is 19.3 Å². The van der Waals surface area contributed by atoms with E-state index in [4.69, 9.17) is 14.6 Å². The molecule has 1 aromatic rings. The first-order valence-corrected chi connectivity index (χ1v) is 6.65. The molecule has 0 amide bonds. The van der Waals surface area contributed by atoms with Crippen molar-refractivity contribution >= 4 is 5.97 Å².